The molecule has 3 aromatic rings. The lowest BCUT2D eigenvalue weighted by Crippen LogP contribution is -2.20. The van der Waals surface area contributed by atoms with Crippen molar-refractivity contribution in [1.29, 1.82) is 5.26 Å². The van der Waals surface area contributed by atoms with E-state index in [1.807, 2.05) is 26.0 Å². The molecule has 0 aromatic heterocycles. The first-order valence-corrected chi connectivity index (χ1v) is 11.2. The number of rotatable bonds is 7. The number of anilines is 2. The van der Waals surface area contributed by atoms with Crippen LogP contribution in [0.3, 0.4) is 0 Å². The number of amides is 2. The molecule has 0 unspecified atom stereocenters. The number of nitriles is 1. The lowest BCUT2D eigenvalue weighted by Gasteiger charge is -2.12. The molecule has 0 aliphatic carbocycles. The molecule has 0 saturated carbocycles. The summed E-state index contributed by atoms with van der Waals surface area (Å²) < 4.78 is 44.2. The third-order valence-corrected chi connectivity index (χ3v) is 5.61. The molecule has 0 spiro atoms. The van der Waals surface area contributed by atoms with Crippen molar-refractivity contribution in [3.8, 4) is 11.8 Å². The van der Waals surface area contributed by atoms with Crippen LogP contribution in [0, 0.1) is 25.2 Å². The number of nitrogens with one attached hydrogen (secondary N) is 2. The fraction of sp³-hybridized carbons (Fsp3) is 0.148. The van der Waals surface area contributed by atoms with Crippen LogP contribution in [-0.2, 0) is 15.8 Å². The average Bonchev–Trinajstić information content (AvgIpc) is 2.84. The second kappa shape index (κ2) is 11.6. The fourth-order valence-electron chi connectivity index (χ4n) is 3.23. The Morgan fingerprint density at radius 3 is 2.46 bits per heavy atom. The van der Waals surface area contributed by atoms with Crippen molar-refractivity contribution < 1.29 is 27.5 Å². The van der Waals surface area contributed by atoms with Crippen molar-refractivity contribution in [3.05, 3.63) is 93.5 Å². The Bertz CT molecular complexity index is 1410. The fourth-order valence-corrected chi connectivity index (χ4v) is 3.47. The van der Waals surface area contributed by atoms with Gasteiger partial charge in [0.1, 0.15) is 17.4 Å². The van der Waals surface area contributed by atoms with Crippen molar-refractivity contribution in [2.75, 3.05) is 17.2 Å². The van der Waals surface area contributed by atoms with Gasteiger partial charge in [0.25, 0.3) is 11.8 Å². The molecule has 0 aliphatic rings. The Morgan fingerprint density at radius 2 is 1.78 bits per heavy atom. The smallest absolute Gasteiger partial charge is 0.416 e. The molecule has 0 atom stereocenters. The Kier molecular flexibility index (Phi) is 8.58. The van der Waals surface area contributed by atoms with Crippen LogP contribution in [0.25, 0.3) is 6.08 Å². The molecule has 0 heterocycles. The molecule has 3 rings (SSSR count). The maximum atomic E-state index is 12.9. The highest BCUT2D eigenvalue weighted by molar-refractivity contribution is 6.32. The number of aryl methyl sites for hydroxylation is 1. The van der Waals surface area contributed by atoms with Crippen LogP contribution >= 0.6 is 11.6 Å². The van der Waals surface area contributed by atoms with E-state index in [9.17, 15) is 28.0 Å². The normalized spacial score (nSPS) is 11.4. The number of alkyl halides is 3. The zero-order valence-electron chi connectivity index (χ0n) is 19.7. The van der Waals surface area contributed by atoms with E-state index in [4.69, 9.17) is 16.3 Å². The number of carbonyl (C=O) groups is 2. The summed E-state index contributed by atoms with van der Waals surface area (Å²) in [6.45, 7) is 3.53. The van der Waals surface area contributed by atoms with Gasteiger partial charge in [-0.05, 0) is 73.0 Å². The topological polar surface area (TPSA) is 91.2 Å². The Morgan fingerprint density at radius 1 is 1.05 bits per heavy atom. The number of carbonyl (C=O) groups excluding carboxylic acids is 2. The maximum Gasteiger partial charge on any atom is 0.416 e. The van der Waals surface area contributed by atoms with Gasteiger partial charge in [-0.25, -0.2) is 0 Å². The first-order valence-electron chi connectivity index (χ1n) is 10.9. The third kappa shape index (κ3) is 7.35. The molecule has 0 bridgehead atoms. The van der Waals surface area contributed by atoms with Crippen molar-refractivity contribution in [3.63, 3.8) is 0 Å². The predicted molar refractivity (Wildman–Crippen MR) is 135 cm³/mol. The Balaban J connectivity index is 1.66. The summed E-state index contributed by atoms with van der Waals surface area (Å²) in [5.74, 6) is -1.06. The number of halogens is 4. The molecular weight excluding hydrogens is 507 g/mol. The van der Waals surface area contributed by atoms with Crippen LogP contribution in [0.5, 0.6) is 5.75 Å². The highest BCUT2D eigenvalue weighted by atomic mass is 35.5. The van der Waals surface area contributed by atoms with Gasteiger partial charge in [-0.2, -0.15) is 18.4 Å². The molecule has 10 heteroatoms. The number of hydrogen-bond donors (Lipinski definition) is 2. The number of nitrogens with zero attached hydrogens (tertiary/aromatic N) is 1. The van der Waals surface area contributed by atoms with Gasteiger partial charge in [-0.1, -0.05) is 35.9 Å². The van der Waals surface area contributed by atoms with E-state index in [0.29, 0.717) is 11.3 Å². The van der Waals surface area contributed by atoms with Crippen LogP contribution in [0.1, 0.15) is 22.3 Å². The van der Waals surface area contributed by atoms with E-state index >= 15 is 0 Å². The summed E-state index contributed by atoms with van der Waals surface area (Å²) in [5.41, 5.74) is 1.62. The SMILES string of the molecule is Cc1cccc(NC(=O)COc2ccc(/C=C(\C#N)C(=O)Nc3cccc(C(F)(F)F)c3)cc2Cl)c1C. The minimum Gasteiger partial charge on any atom is -0.482 e. The molecule has 6 nitrogen and oxygen atoms in total. The van der Waals surface area contributed by atoms with Gasteiger partial charge in [-0.15, -0.1) is 0 Å². The molecule has 0 saturated heterocycles. The summed E-state index contributed by atoms with van der Waals surface area (Å²) in [6, 6.07) is 15.7. The predicted octanol–water partition coefficient (Wildman–Crippen LogP) is 6.54. The quantitative estimate of drug-likeness (QED) is 0.269. The highest BCUT2D eigenvalue weighted by Crippen LogP contribution is 2.31. The van der Waals surface area contributed by atoms with E-state index in [2.05, 4.69) is 10.6 Å². The molecule has 190 valence electrons. The largest absolute Gasteiger partial charge is 0.482 e. The van der Waals surface area contributed by atoms with E-state index in [1.165, 1.54) is 30.3 Å². The number of benzene rings is 3. The summed E-state index contributed by atoms with van der Waals surface area (Å²) in [4.78, 5) is 24.7. The average molecular weight is 528 g/mol. The molecule has 37 heavy (non-hydrogen) atoms. The van der Waals surface area contributed by atoms with E-state index in [0.717, 1.165) is 29.3 Å². The van der Waals surface area contributed by atoms with Gasteiger partial charge in [0, 0.05) is 11.4 Å². The Labute approximate surface area is 216 Å². The maximum absolute atomic E-state index is 12.9. The van der Waals surface area contributed by atoms with Gasteiger partial charge < -0.3 is 15.4 Å². The molecule has 2 amide bonds. The lowest BCUT2D eigenvalue weighted by molar-refractivity contribution is -0.137. The molecule has 2 N–H and O–H groups in total. The van der Waals surface area contributed by atoms with Gasteiger partial charge in [0.2, 0.25) is 0 Å². The third-order valence-electron chi connectivity index (χ3n) is 5.32. The van der Waals surface area contributed by atoms with E-state index < -0.39 is 17.6 Å². The standard InChI is InChI=1S/C27H21ClF3N3O3/c1-16-5-3-8-23(17(16)2)34-25(35)15-37-24-10-9-18(12-22(24)28)11-19(14-32)26(36)33-21-7-4-6-20(13-21)27(29,30)31/h3-13H,15H2,1-2H3,(H,33,36)(H,34,35)/b19-11+. The van der Waals surface area contributed by atoms with E-state index in [1.54, 1.807) is 12.1 Å². The first-order chi connectivity index (χ1) is 17.5. The second-order valence-corrected chi connectivity index (χ2v) is 8.38. The van der Waals surface area contributed by atoms with Crippen molar-refractivity contribution >= 4 is 40.9 Å². The summed E-state index contributed by atoms with van der Waals surface area (Å²) in [6.07, 6.45) is -3.35. The van der Waals surface area contributed by atoms with Gasteiger partial charge in [0.05, 0.1) is 10.6 Å². The molecule has 3 aromatic carbocycles. The number of ether oxygens (including phenoxy) is 1. The van der Waals surface area contributed by atoms with Gasteiger partial charge in [-0.3, -0.25) is 9.59 Å². The van der Waals surface area contributed by atoms with Crippen LogP contribution in [0.4, 0.5) is 24.5 Å². The Hall–Kier alpha value is -4.29. The first kappa shape index (κ1) is 27.3. The summed E-state index contributed by atoms with van der Waals surface area (Å²) in [7, 11) is 0. The molecular formula is C27H21ClF3N3O3. The second-order valence-electron chi connectivity index (χ2n) is 7.98. The van der Waals surface area contributed by atoms with Crippen molar-refractivity contribution in [2.45, 2.75) is 20.0 Å². The van der Waals surface area contributed by atoms with Crippen LogP contribution in [-0.4, -0.2) is 18.4 Å². The van der Waals surface area contributed by atoms with Crippen LogP contribution < -0.4 is 15.4 Å². The summed E-state index contributed by atoms with van der Waals surface area (Å²) >= 11 is 6.24. The van der Waals surface area contributed by atoms with Crippen molar-refractivity contribution in [1.82, 2.24) is 0 Å². The molecule has 0 aliphatic heterocycles. The minimum absolute atomic E-state index is 0.109. The van der Waals surface area contributed by atoms with Crippen molar-refractivity contribution in [2.24, 2.45) is 0 Å². The number of hydrogen-bond acceptors (Lipinski definition) is 4. The zero-order chi connectivity index (χ0) is 27.2. The summed E-state index contributed by atoms with van der Waals surface area (Å²) in [5, 5.41) is 14.6. The monoisotopic (exact) mass is 527 g/mol. The van der Waals surface area contributed by atoms with Gasteiger partial charge in [0.15, 0.2) is 6.61 Å². The molecule has 0 radical (unpaired) electrons. The highest BCUT2D eigenvalue weighted by Gasteiger charge is 2.30. The van der Waals surface area contributed by atoms with Gasteiger partial charge >= 0.3 is 6.18 Å². The van der Waals surface area contributed by atoms with E-state index in [-0.39, 0.29) is 34.5 Å². The lowest BCUT2D eigenvalue weighted by atomic mass is 10.1. The molecule has 0 fully saturated rings. The van der Waals surface area contributed by atoms with Crippen LogP contribution in [0.15, 0.2) is 66.2 Å². The van der Waals surface area contributed by atoms with Crippen LogP contribution in [0.2, 0.25) is 5.02 Å². The zero-order valence-corrected chi connectivity index (χ0v) is 20.5. The minimum atomic E-state index is -4.57.